The lowest BCUT2D eigenvalue weighted by Crippen LogP contribution is -1.81. The monoisotopic (exact) mass is 223 g/mol. The maximum absolute atomic E-state index is 10.6. The van der Waals surface area contributed by atoms with E-state index in [1.807, 2.05) is 30.5 Å². The van der Waals surface area contributed by atoms with E-state index in [0.29, 0.717) is 17.8 Å². The Hall–Kier alpha value is -2.42. The summed E-state index contributed by atoms with van der Waals surface area (Å²) < 4.78 is 5.42. The lowest BCUT2D eigenvalue weighted by Gasteiger charge is -2.02. The number of nitrogens with zero attached hydrogens (tertiary/aromatic N) is 1. The molecule has 0 aliphatic heterocycles. The van der Waals surface area contributed by atoms with Crippen molar-refractivity contribution < 1.29 is 9.21 Å². The summed E-state index contributed by atoms with van der Waals surface area (Å²) in [6, 6.07) is 11.4. The molecule has 3 aromatic rings. The third kappa shape index (κ3) is 1.61. The zero-order valence-corrected chi connectivity index (χ0v) is 8.96. The molecule has 3 rings (SSSR count). The summed E-state index contributed by atoms with van der Waals surface area (Å²) in [4.78, 5) is 14.8. The van der Waals surface area contributed by atoms with E-state index in [0.717, 1.165) is 16.3 Å². The number of hydrogen-bond donors (Lipinski definition) is 0. The van der Waals surface area contributed by atoms with Gasteiger partial charge in [0.2, 0.25) is 0 Å². The van der Waals surface area contributed by atoms with Gasteiger partial charge in [0, 0.05) is 23.3 Å². The number of carbonyl (C=O) groups is 1. The van der Waals surface area contributed by atoms with Gasteiger partial charge in [-0.3, -0.25) is 9.78 Å². The summed E-state index contributed by atoms with van der Waals surface area (Å²) in [6.45, 7) is 0. The van der Waals surface area contributed by atoms with Crippen LogP contribution in [0.3, 0.4) is 0 Å². The third-order valence-electron chi connectivity index (χ3n) is 2.68. The van der Waals surface area contributed by atoms with Gasteiger partial charge in [-0.05, 0) is 17.5 Å². The molecule has 0 aliphatic rings. The minimum absolute atomic E-state index is 0.327. The first kappa shape index (κ1) is 9.78. The Balaban J connectivity index is 2.26. The van der Waals surface area contributed by atoms with Gasteiger partial charge in [-0.1, -0.05) is 24.3 Å². The van der Waals surface area contributed by atoms with Crippen LogP contribution in [0.1, 0.15) is 10.6 Å². The number of pyridine rings is 1. The van der Waals surface area contributed by atoms with Gasteiger partial charge in [-0.15, -0.1) is 0 Å². The van der Waals surface area contributed by atoms with Gasteiger partial charge in [0.15, 0.2) is 12.0 Å². The van der Waals surface area contributed by atoms with Gasteiger partial charge < -0.3 is 4.42 Å². The summed E-state index contributed by atoms with van der Waals surface area (Å²) in [5.41, 5.74) is 0.899. The van der Waals surface area contributed by atoms with Gasteiger partial charge in [-0.25, -0.2) is 0 Å². The molecule has 2 aromatic heterocycles. The molecule has 0 fully saturated rings. The van der Waals surface area contributed by atoms with Crippen molar-refractivity contribution in [2.75, 3.05) is 0 Å². The molecule has 1 aromatic carbocycles. The van der Waals surface area contributed by atoms with Crippen molar-refractivity contribution in [2.45, 2.75) is 0 Å². The number of furan rings is 1. The predicted molar refractivity (Wildman–Crippen MR) is 64.8 cm³/mol. The minimum atomic E-state index is 0.327. The Morgan fingerprint density at radius 3 is 2.76 bits per heavy atom. The van der Waals surface area contributed by atoms with Crippen molar-refractivity contribution >= 4 is 17.1 Å². The van der Waals surface area contributed by atoms with Gasteiger partial charge in [0.25, 0.3) is 0 Å². The van der Waals surface area contributed by atoms with Crippen LogP contribution in [0.2, 0.25) is 0 Å². The Kier molecular flexibility index (Phi) is 2.22. The Morgan fingerprint density at radius 1 is 1.06 bits per heavy atom. The van der Waals surface area contributed by atoms with Crippen LogP contribution in [-0.2, 0) is 0 Å². The Labute approximate surface area is 97.7 Å². The molecular weight excluding hydrogens is 214 g/mol. The smallest absolute Gasteiger partial charge is 0.185 e. The minimum Gasteiger partial charge on any atom is -0.453 e. The summed E-state index contributed by atoms with van der Waals surface area (Å²) >= 11 is 0. The van der Waals surface area contributed by atoms with Crippen LogP contribution in [-0.4, -0.2) is 11.3 Å². The molecule has 3 nitrogen and oxygen atoms in total. The molecule has 0 unspecified atom stereocenters. The largest absolute Gasteiger partial charge is 0.453 e. The Bertz CT molecular complexity index is 680. The van der Waals surface area contributed by atoms with Gasteiger partial charge in [-0.2, -0.15) is 0 Å². The number of hydrogen-bond acceptors (Lipinski definition) is 3. The first-order valence-corrected chi connectivity index (χ1v) is 5.26. The number of rotatable bonds is 2. The van der Waals surface area contributed by atoms with Gasteiger partial charge >= 0.3 is 0 Å². The highest BCUT2D eigenvalue weighted by Gasteiger charge is 2.08. The van der Waals surface area contributed by atoms with Crippen molar-refractivity contribution in [3.8, 4) is 11.3 Å². The number of aromatic nitrogens is 1. The number of carbonyl (C=O) groups excluding carboxylic acids is 1. The van der Waals surface area contributed by atoms with Crippen molar-refractivity contribution in [3.63, 3.8) is 0 Å². The molecule has 0 spiro atoms. The number of benzene rings is 1. The fraction of sp³-hybridized carbons (Fsp3) is 0. The first-order chi connectivity index (χ1) is 8.38. The van der Waals surface area contributed by atoms with Crippen LogP contribution >= 0.6 is 0 Å². The quantitative estimate of drug-likeness (QED) is 0.626. The summed E-state index contributed by atoms with van der Waals surface area (Å²) in [5.74, 6) is 0.990. The second-order valence-corrected chi connectivity index (χ2v) is 3.73. The van der Waals surface area contributed by atoms with E-state index in [9.17, 15) is 4.79 Å². The van der Waals surface area contributed by atoms with Crippen molar-refractivity contribution in [3.05, 3.63) is 54.6 Å². The SMILES string of the molecule is O=Cc1ccc(-c2cncc3ccccc23)o1. The number of aldehydes is 1. The third-order valence-corrected chi connectivity index (χ3v) is 2.68. The molecule has 0 saturated heterocycles. The topological polar surface area (TPSA) is 43.1 Å². The molecule has 0 amide bonds. The van der Waals surface area contributed by atoms with E-state index in [1.165, 1.54) is 0 Å². The second-order valence-electron chi connectivity index (χ2n) is 3.73. The van der Waals surface area contributed by atoms with E-state index < -0.39 is 0 Å². The van der Waals surface area contributed by atoms with E-state index in [4.69, 9.17) is 4.42 Å². The van der Waals surface area contributed by atoms with Gasteiger partial charge in [0.1, 0.15) is 5.76 Å². The molecule has 0 N–H and O–H groups in total. The summed E-state index contributed by atoms with van der Waals surface area (Å²) in [6.07, 6.45) is 4.25. The lowest BCUT2D eigenvalue weighted by molar-refractivity contribution is 0.110. The number of fused-ring (bicyclic) bond motifs is 1. The van der Waals surface area contributed by atoms with Crippen molar-refractivity contribution in [1.82, 2.24) is 4.98 Å². The molecular formula is C14H9NO2. The van der Waals surface area contributed by atoms with Crippen LogP contribution in [0.5, 0.6) is 0 Å². The van der Waals surface area contributed by atoms with Crippen LogP contribution in [0.25, 0.3) is 22.1 Å². The molecule has 17 heavy (non-hydrogen) atoms. The van der Waals surface area contributed by atoms with E-state index in [-0.39, 0.29) is 0 Å². The van der Waals surface area contributed by atoms with Crippen molar-refractivity contribution in [2.24, 2.45) is 0 Å². The first-order valence-electron chi connectivity index (χ1n) is 5.26. The zero-order valence-electron chi connectivity index (χ0n) is 8.96. The van der Waals surface area contributed by atoms with Crippen molar-refractivity contribution in [1.29, 1.82) is 0 Å². The zero-order chi connectivity index (χ0) is 11.7. The lowest BCUT2D eigenvalue weighted by atomic mass is 10.1. The van der Waals surface area contributed by atoms with Crippen LogP contribution in [0.4, 0.5) is 0 Å². The fourth-order valence-electron chi connectivity index (χ4n) is 1.87. The van der Waals surface area contributed by atoms with Crippen LogP contribution < -0.4 is 0 Å². The van der Waals surface area contributed by atoms with E-state index in [1.54, 1.807) is 18.3 Å². The molecule has 0 radical (unpaired) electrons. The highest BCUT2D eigenvalue weighted by atomic mass is 16.3. The van der Waals surface area contributed by atoms with Crippen LogP contribution in [0.15, 0.2) is 53.2 Å². The highest BCUT2D eigenvalue weighted by molar-refractivity contribution is 5.94. The van der Waals surface area contributed by atoms with Gasteiger partial charge in [0.05, 0.1) is 0 Å². The maximum Gasteiger partial charge on any atom is 0.185 e. The normalized spacial score (nSPS) is 10.6. The average molecular weight is 223 g/mol. The molecule has 0 atom stereocenters. The van der Waals surface area contributed by atoms with Crippen LogP contribution in [0, 0.1) is 0 Å². The molecule has 3 heteroatoms. The standard InChI is InChI=1S/C14H9NO2/c16-9-11-5-6-14(17-11)13-8-15-7-10-3-1-2-4-12(10)13/h1-9H. The second kappa shape index (κ2) is 3.87. The Morgan fingerprint density at radius 2 is 1.94 bits per heavy atom. The highest BCUT2D eigenvalue weighted by Crippen LogP contribution is 2.28. The molecule has 82 valence electrons. The predicted octanol–water partition coefficient (Wildman–Crippen LogP) is 3.31. The van der Waals surface area contributed by atoms with E-state index in [2.05, 4.69) is 4.98 Å². The molecule has 0 bridgehead atoms. The maximum atomic E-state index is 10.6. The van der Waals surface area contributed by atoms with E-state index >= 15 is 0 Å². The molecule has 0 saturated carbocycles. The summed E-state index contributed by atoms with van der Waals surface area (Å²) in [5, 5.41) is 2.11. The molecule has 2 heterocycles. The summed E-state index contributed by atoms with van der Waals surface area (Å²) in [7, 11) is 0. The molecule has 0 aliphatic carbocycles. The average Bonchev–Trinajstić information content (AvgIpc) is 2.87. The fourth-order valence-corrected chi connectivity index (χ4v) is 1.87.